The number of aromatic amines is 1. The number of carbonyl (C=O) groups is 2. The smallest absolute Gasteiger partial charge is 0.342 e. The largest absolute Gasteiger partial charge is 0.462 e. The van der Waals surface area contributed by atoms with Crippen LogP contribution in [-0.4, -0.2) is 30.1 Å². The summed E-state index contributed by atoms with van der Waals surface area (Å²) in [6, 6.07) is -0.321. The zero-order chi connectivity index (χ0) is 14.3. The number of aryl methyl sites for hydroxylation is 1. The number of hydrogen-bond acceptors (Lipinski definition) is 3. The number of aromatic nitrogens is 1. The third kappa shape index (κ3) is 4.31. The van der Waals surface area contributed by atoms with E-state index >= 15 is 0 Å². The lowest BCUT2D eigenvalue weighted by Crippen LogP contribution is -2.30. The Labute approximate surface area is 112 Å². The van der Waals surface area contributed by atoms with Crippen molar-refractivity contribution in [2.45, 2.75) is 33.6 Å². The van der Waals surface area contributed by atoms with Gasteiger partial charge in [-0.15, -0.1) is 0 Å². The summed E-state index contributed by atoms with van der Waals surface area (Å²) in [5.41, 5.74) is 1.47. The molecule has 0 saturated carbocycles. The number of amides is 2. The maximum atomic E-state index is 11.8. The molecular formula is C13H21N3O3. The monoisotopic (exact) mass is 267 g/mol. The fourth-order valence-electron chi connectivity index (χ4n) is 1.64. The van der Waals surface area contributed by atoms with E-state index in [2.05, 4.69) is 15.6 Å². The molecule has 0 radical (unpaired) electrons. The Morgan fingerprint density at radius 3 is 2.74 bits per heavy atom. The number of hydrogen-bond donors (Lipinski definition) is 3. The van der Waals surface area contributed by atoms with Crippen LogP contribution in [0.15, 0.2) is 6.20 Å². The van der Waals surface area contributed by atoms with Crippen molar-refractivity contribution in [2.75, 3.05) is 18.5 Å². The third-order valence-electron chi connectivity index (χ3n) is 2.62. The maximum Gasteiger partial charge on any atom is 0.342 e. The van der Waals surface area contributed by atoms with Crippen LogP contribution in [0.5, 0.6) is 0 Å². The van der Waals surface area contributed by atoms with E-state index in [-0.39, 0.29) is 6.03 Å². The lowest BCUT2D eigenvalue weighted by molar-refractivity contribution is 0.0527. The molecule has 0 aliphatic carbocycles. The zero-order valence-corrected chi connectivity index (χ0v) is 11.6. The van der Waals surface area contributed by atoms with Crippen LogP contribution in [0.2, 0.25) is 0 Å². The van der Waals surface area contributed by atoms with E-state index < -0.39 is 5.97 Å². The molecule has 0 aliphatic rings. The van der Waals surface area contributed by atoms with Crippen LogP contribution in [0.25, 0.3) is 0 Å². The van der Waals surface area contributed by atoms with E-state index in [1.807, 2.05) is 6.92 Å². The van der Waals surface area contributed by atoms with Crippen LogP contribution in [0, 0.1) is 6.92 Å². The first-order chi connectivity index (χ1) is 9.10. The van der Waals surface area contributed by atoms with Gasteiger partial charge in [0.15, 0.2) is 0 Å². The van der Waals surface area contributed by atoms with Gasteiger partial charge in [-0.05, 0) is 20.3 Å². The fourth-order valence-corrected chi connectivity index (χ4v) is 1.64. The molecule has 1 aromatic heterocycles. The van der Waals surface area contributed by atoms with E-state index in [1.165, 1.54) is 0 Å². The minimum atomic E-state index is -0.440. The number of urea groups is 1. The number of carbonyl (C=O) groups excluding carboxylic acids is 2. The Kier molecular flexibility index (Phi) is 5.92. The minimum Gasteiger partial charge on any atom is -0.462 e. The van der Waals surface area contributed by atoms with Gasteiger partial charge in [0, 0.05) is 18.4 Å². The molecule has 1 rings (SSSR count). The standard InChI is InChI=1S/C13H21N3O3/c1-4-6-7-14-13(18)16-10-8-15-9(3)11(10)12(17)19-5-2/h8,15H,4-7H2,1-3H3,(H2,14,16,18). The number of esters is 1. The molecule has 0 aliphatic heterocycles. The Bertz CT molecular complexity index is 440. The summed E-state index contributed by atoms with van der Waals surface area (Å²) >= 11 is 0. The van der Waals surface area contributed by atoms with E-state index in [0.717, 1.165) is 12.8 Å². The van der Waals surface area contributed by atoms with Crippen molar-refractivity contribution >= 4 is 17.7 Å². The van der Waals surface area contributed by atoms with Gasteiger partial charge in [-0.2, -0.15) is 0 Å². The van der Waals surface area contributed by atoms with Crippen LogP contribution in [0.4, 0.5) is 10.5 Å². The SMILES string of the molecule is CCCCNC(=O)Nc1c[nH]c(C)c1C(=O)OCC. The maximum absolute atomic E-state index is 11.8. The Balaban J connectivity index is 2.68. The van der Waals surface area contributed by atoms with Crippen molar-refractivity contribution in [3.8, 4) is 0 Å². The zero-order valence-electron chi connectivity index (χ0n) is 11.6. The first-order valence-corrected chi connectivity index (χ1v) is 6.50. The summed E-state index contributed by atoms with van der Waals surface area (Å²) in [7, 11) is 0. The predicted octanol–water partition coefficient (Wildman–Crippen LogP) is 2.42. The van der Waals surface area contributed by atoms with Crippen molar-refractivity contribution < 1.29 is 14.3 Å². The summed E-state index contributed by atoms with van der Waals surface area (Å²) in [6.07, 6.45) is 3.52. The topological polar surface area (TPSA) is 83.2 Å². The number of ether oxygens (including phenoxy) is 1. The fraction of sp³-hybridized carbons (Fsp3) is 0.538. The molecule has 2 amide bonds. The molecule has 0 fully saturated rings. The van der Waals surface area contributed by atoms with Gasteiger partial charge in [0.25, 0.3) is 0 Å². The average molecular weight is 267 g/mol. The average Bonchev–Trinajstić information content (AvgIpc) is 2.71. The predicted molar refractivity (Wildman–Crippen MR) is 73.4 cm³/mol. The van der Waals surface area contributed by atoms with E-state index in [4.69, 9.17) is 4.74 Å². The molecular weight excluding hydrogens is 246 g/mol. The molecule has 0 aromatic carbocycles. The van der Waals surface area contributed by atoms with Crippen molar-refractivity contribution in [3.63, 3.8) is 0 Å². The van der Waals surface area contributed by atoms with Gasteiger partial charge < -0.3 is 20.4 Å². The van der Waals surface area contributed by atoms with Crippen LogP contribution < -0.4 is 10.6 Å². The van der Waals surface area contributed by atoms with Crippen molar-refractivity contribution in [1.82, 2.24) is 10.3 Å². The van der Waals surface area contributed by atoms with Gasteiger partial charge >= 0.3 is 12.0 Å². The second-order valence-corrected chi connectivity index (χ2v) is 4.16. The second kappa shape index (κ2) is 7.45. The summed E-state index contributed by atoms with van der Waals surface area (Å²) in [4.78, 5) is 26.3. The molecule has 6 nitrogen and oxygen atoms in total. The molecule has 1 heterocycles. The second-order valence-electron chi connectivity index (χ2n) is 4.16. The van der Waals surface area contributed by atoms with E-state index in [9.17, 15) is 9.59 Å². The Hall–Kier alpha value is -1.98. The quantitative estimate of drug-likeness (QED) is 0.546. The van der Waals surface area contributed by atoms with Crippen molar-refractivity contribution in [2.24, 2.45) is 0 Å². The van der Waals surface area contributed by atoms with Gasteiger partial charge in [0.1, 0.15) is 5.56 Å². The molecule has 106 valence electrons. The Morgan fingerprint density at radius 2 is 2.11 bits per heavy atom. The van der Waals surface area contributed by atoms with Gasteiger partial charge in [0.05, 0.1) is 12.3 Å². The number of unbranched alkanes of at least 4 members (excludes halogenated alkanes) is 1. The summed E-state index contributed by atoms with van der Waals surface area (Å²) in [5.74, 6) is -0.440. The number of anilines is 1. The highest BCUT2D eigenvalue weighted by atomic mass is 16.5. The highest BCUT2D eigenvalue weighted by Gasteiger charge is 2.18. The molecule has 0 spiro atoms. The molecule has 0 bridgehead atoms. The minimum absolute atomic E-state index is 0.297. The van der Waals surface area contributed by atoms with Crippen LogP contribution in [-0.2, 0) is 4.74 Å². The number of rotatable bonds is 6. The van der Waals surface area contributed by atoms with Gasteiger partial charge in [-0.25, -0.2) is 9.59 Å². The summed E-state index contributed by atoms with van der Waals surface area (Å²) in [6.45, 7) is 6.46. The lowest BCUT2D eigenvalue weighted by Gasteiger charge is -2.08. The van der Waals surface area contributed by atoms with Gasteiger partial charge in [0.2, 0.25) is 0 Å². The highest BCUT2D eigenvalue weighted by molar-refractivity contribution is 6.01. The summed E-state index contributed by atoms with van der Waals surface area (Å²) in [5, 5.41) is 5.37. The normalized spacial score (nSPS) is 10.1. The highest BCUT2D eigenvalue weighted by Crippen LogP contribution is 2.20. The van der Waals surface area contributed by atoms with E-state index in [0.29, 0.717) is 30.1 Å². The summed E-state index contributed by atoms with van der Waals surface area (Å²) < 4.78 is 4.96. The van der Waals surface area contributed by atoms with Gasteiger partial charge in [-0.1, -0.05) is 13.3 Å². The number of nitrogens with one attached hydrogen (secondary N) is 3. The molecule has 0 atom stereocenters. The molecule has 6 heteroatoms. The van der Waals surface area contributed by atoms with Crippen LogP contribution in [0.1, 0.15) is 42.7 Å². The van der Waals surface area contributed by atoms with Gasteiger partial charge in [-0.3, -0.25) is 0 Å². The number of H-pyrrole nitrogens is 1. The van der Waals surface area contributed by atoms with Crippen molar-refractivity contribution in [3.05, 3.63) is 17.5 Å². The lowest BCUT2D eigenvalue weighted by atomic mass is 10.2. The first-order valence-electron chi connectivity index (χ1n) is 6.50. The van der Waals surface area contributed by atoms with Crippen LogP contribution in [0.3, 0.4) is 0 Å². The molecule has 3 N–H and O–H groups in total. The van der Waals surface area contributed by atoms with E-state index in [1.54, 1.807) is 20.0 Å². The Morgan fingerprint density at radius 1 is 1.37 bits per heavy atom. The first kappa shape index (κ1) is 15.1. The molecule has 19 heavy (non-hydrogen) atoms. The van der Waals surface area contributed by atoms with Crippen LogP contribution >= 0.6 is 0 Å². The molecule has 1 aromatic rings. The molecule has 0 saturated heterocycles. The third-order valence-corrected chi connectivity index (χ3v) is 2.62. The van der Waals surface area contributed by atoms with Crippen molar-refractivity contribution in [1.29, 1.82) is 0 Å². The molecule has 0 unspecified atom stereocenters.